The second-order valence-corrected chi connectivity index (χ2v) is 3.21. The molecule has 2 aromatic rings. The number of aromatic nitrogens is 2. The van der Waals surface area contributed by atoms with Crippen molar-refractivity contribution in [3.8, 4) is 17.2 Å². The highest BCUT2D eigenvalue weighted by Crippen LogP contribution is 2.25. The molecule has 4 heteroatoms. The first-order valence-corrected chi connectivity index (χ1v) is 4.73. The molecule has 0 saturated carbocycles. The van der Waals surface area contributed by atoms with Crippen LogP contribution in [-0.4, -0.2) is 9.97 Å². The van der Waals surface area contributed by atoms with Crippen molar-refractivity contribution >= 4 is 0 Å². The van der Waals surface area contributed by atoms with Gasteiger partial charge in [-0.3, -0.25) is 4.98 Å². The summed E-state index contributed by atoms with van der Waals surface area (Å²) in [7, 11) is 0. The first kappa shape index (κ1) is 10.2. The molecule has 0 spiro atoms. The molecule has 0 aliphatic heterocycles. The van der Waals surface area contributed by atoms with E-state index in [9.17, 15) is 4.39 Å². The molecule has 0 bridgehead atoms. The average Bonchev–Trinajstić information content (AvgIpc) is 2.31. The zero-order chi connectivity index (χ0) is 11.4. The van der Waals surface area contributed by atoms with Gasteiger partial charge >= 0.3 is 0 Å². The first-order valence-electron chi connectivity index (χ1n) is 4.73. The van der Waals surface area contributed by atoms with Crippen LogP contribution < -0.4 is 0 Å². The van der Waals surface area contributed by atoms with E-state index in [2.05, 4.69) is 9.97 Å². The van der Waals surface area contributed by atoms with E-state index in [1.54, 1.807) is 30.6 Å². The smallest absolute Gasteiger partial charge is 0.221 e. The van der Waals surface area contributed by atoms with Crippen LogP contribution in [-0.2, 0) is 6.42 Å². The van der Waals surface area contributed by atoms with Gasteiger partial charge in [0.05, 0.1) is 12.5 Å². The van der Waals surface area contributed by atoms with E-state index in [1.165, 1.54) is 6.20 Å². The molecular weight excluding hydrogens is 205 g/mol. The van der Waals surface area contributed by atoms with Gasteiger partial charge in [-0.2, -0.15) is 9.65 Å². The van der Waals surface area contributed by atoms with E-state index >= 15 is 0 Å². The molecule has 2 rings (SSSR count). The fourth-order valence-electron chi connectivity index (χ4n) is 1.53. The SMILES string of the molecule is N#CCc1ccnc(F)c1-c1ccncc1. The third-order valence-corrected chi connectivity index (χ3v) is 2.23. The van der Waals surface area contributed by atoms with E-state index < -0.39 is 5.95 Å². The van der Waals surface area contributed by atoms with Crippen molar-refractivity contribution < 1.29 is 4.39 Å². The van der Waals surface area contributed by atoms with E-state index in [1.807, 2.05) is 6.07 Å². The summed E-state index contributed by atoms with van der Waals surface area (Å²) < 4.78 is 13.6. The van der Waals surface area contributed by atoms with Crippen molar-refractivity contribution in [3.63, 3.8) is 0 Å². The minimum Gasteiger partial charge on any atom is -0.265 e. The number of halogens is 1. The van der Waals surface area contributed by atoms with Gasteiger partial charge in [-0.15, -0.1) is 0 Å². The average molecular weight is 213 g/mol. The standard InChI is InChI=1S/C12H8FN3/c13-12-11(10-2-6-15-7-3-10)9(1-5-14)4-8-16-12/h2-4,6-8H,1H2. The molecule has 0 radical (unpaired) electrons. The summed E-state index contributed by atoms with van der Waals surface area (Å²) in [4.78, 5) is 7.47. The molecule has 16 heavy (non-hydrogen) atoms. The van der Waals surface area contributed by atoms with Gasteiger partial charge in [-0.25, -0.2) is 4.98 Å². The minimum absolute atomic E-state index is 0.164. The number of nitrogens with zero attached hydrogens (tertiary/aromatic N) is 3. The van der Waals surface area contributed by atoms with E-state index in [0.717, 1.165) is 0 Å². The summed E-state index contributed by atoms with van der Waals surface area (Å²) in [6.45, 7) is 0. The van der Waals surface area contributed by atoms with Crippen molar-refractivity contribution in [2.75, 3.05) is 0 Å². The van der Waals surface area contributed by atoms with Crippen LogP contribution in [0, 0.1) is 17.3 Å². The summed E-state index contributed by atoms with van der Waals surface area (Å²) in [5.74, 6) is -0.557. The molecule has 0 aliphatic carbocycles. The largest absolute Gasteiger partial charge is 0.265 e. The summed E-state index contributed by atoms with van der Waals surface area (Å²) in [5, 5.41) is 8.68. The quantitative estimate of drug-likeness (QED) is 0.719. The lowest BCUT2D eigenvalue weighted by Gasteiger charge is -2.06. The van der Waals surface area contributed by atoms with Gasteiger partial charge < -0.3 is 0 Å². The predicted octanol–water partition coefficient (Wildman–Crippen LogP) is 2.35. The van der Waals surface area contributed by atoms with Crippen molar-refractivity contribution in [2.45, 2.75) is 6.42 Å². The van der Waals surface area contributed by atoms with Crippen LogP contribution in [0.1, 0.15) is 5.56 Å². The Hall–Kier alpha value is -2.28. The third kappa shape index (κ3) is 1.89. The monoisotopic (exact) mass is 213 g/mol. The topological polar surface area (TPSA) is 49.6 Å². The van der Waals surface area contributed by atoms with Gasteiger partial charge in [0.15, 0.2) is 0 Å². The summed E-state index contributed by atoms with van der Waals surface area (Å²) in [5.41, 5.74) is 1.71. The Morgan fingerprint density at radius 3 is 2.62 bits per heavy atom. The van der Waals surface area contributed by atoms with Crippen molar-refractivity contribution in [1.29, 1.82) is 5.26 Å². The van der Waals surface area contributed by atoms with E-state index in [4.69, 9.17) is 5.26 Å². The van der Waals surface area contributed by atoms with Gasteiger partial charge in [-0.1, -0.05) is 0 Å². The van der Waals surface area contributed by atoms with Crippen molar-refractivity contribution in [3.05, 3.63) is 48.3 Å². The summed E-state index contributed by atoms with van der Waals surface area (Å²) >= 11 is 0. The van der Waals surface area contributed by atoms with Gasteiger partial charge in [0, 0.05) is 24.2 Å². The molecule has 0 atom stereocenters. The maximum Gasteiger partial charge on any atom is 0.221 e. The number of hydrogen-bond acceptors (Lipinski definition) is 3. The number of hydrogen-bond donors (Lipinski definition) is 0. The van der Waals surface area contributed by atoms with Crippen LogP contribution in [0.3, 0.4) is 0 Å². The zero-order valence-electron chi connectivity index (χ0n) is 8.39. The van der Waals surface area contributed by atoms with Gasteiger partial charge in [0.2, 0.25) is 5.95 Å². The molecule has 0 fully saturated rings. The molecule has 0 saturated heterocycles. The summed E-state index contributed by atoms with van der Waals surface area (Å²) in [6, 6.07) is 7.06. The third-order valence-electron chi connectivity index (χ3n) is 2.23. The Labute approximate surface area is 92.2 Å². The molecule has 3 nitrogen and oxygen atoms in total. The lowest BCUT2D eigenvalue weighted by molar-refractivity contribution is 0.586. The maximum atomic E-state index is 13.6. The highest BCUT2D eigenvalue weighted by molar-refractivity contribution is 5.66. The molecule has 78 valence electrons. The number of rotatable bonds is 2. The Balaban J connectivity index is 2.60. The van der Waals surface area contributed by atoms with Crippen LogP contribution >= 0.6 is 0 Å². The van der Waals surface area contributed by atoms with Gasteiger partial charge in [-0.05, 0) is 29.3 Å². The molecule has 2 aromatic heterocycles. The minimum atomic E-state index is -0.557. The van der Waals surface area contributed by atoms with Gasteiger partial charge in [0.1, 0.15) is 0 Å². The molecule has 0 aliphatic rings. The van der Waals surface area contributed by atoms with Crippen LogP contribution in [0.15, 0.2) is 36.8 Å². The molecule has 0 aromatic carbocycles. The number of nitriles is 1. The fraction of sp³-hybridized carbons (Fsp3) is 0.0833. The van der Waals surface area contributed by atoms with Crippen LogP contribution in [0.2, 0.25) is 0 Å². The second kappa shape index (κ2) is 4.49. The van der Waals surface area contributed by atoms with Gasteiger partial charge in [0.25, 0.3) is 0 Å². The number of pyridine rings is 2. The van der Waals surface area contributed by atoms with Crippen molar-refractivity contribution in [2.24, 2.45) is 0 Å². The van der Waals surface area contributed by atoms with E-state index in [0.29, 0.717) is 16.7 Å². The Kier molecular flexibility index (Phi) is 2.88. The van der Waals surface area contributed by atoms with Crippen molar-refractivity contribution in [1.82, 2.24) is 9.97 Å². The van der Waals surface area contributed by atoms with E-state index in [-0.39, 0.29) is 6.42 Å². The summed E-state index contributed by atoms with van der Waals surface area (Å²) in [6.07, 6.45) is 4.69. The molecule has 2 heterocycles. The van der Waals surface area contributed by atoms with Crippen LogP contribution in [0.4, 0.5) is 4.39 Å². The zero-order valence-corrected chi connectivity index (χ0v) is 8.39. The first-order chi connectivity index (χ1) is 7.83. The lowest BCUT2D eigenvalue weighted by atomic mass is 10.0. The molecular formula is C12H8FN3. The molecule has 0 amide bonds. The lowest BCUT2D eigenvalue weighted by Crippen LogP contribution is -1.95. The second-order valence-electron chi connectivity index (χ2n) is 3.21. The molecule has 0 unspecified atom stereocenters. The predicted molar refractivity (Wildman–Crippen MR) is 56.7 cm³/mol. The maximum absolute atomic E-state index is 13.6. The normalized spacial score (nSPS) is 9.75. The Morgan fingerprint density at radius 1 is 1.19 bits per heavy atom. The Bertz CT molecular complexity index is 532. The highest BCUT2D eigenvalue weighted by atomic mass is 19.1. The highest BCUT2D eigenvalue weighted by Gasteiger charge is 2.11. The Morgan fingerprint density at radius 2 is 1.94 bits per heavy atom. The van der Waals surface area contributed by atoms with Crippen LogP contribution in [0.25, 0.3) is 11.1 Å². The van der Waals surface area contributed by atoms with Crippen LogP contribution in [0.5, 0.6) is 0 Å². The fourth-order valence-corrected chi connectivity index (χ4v) is 1.53. The molecule has 0 N–H and O–H groups in total.